The number of hydrogen-bond acceptors (Lipinski definition) is 5. The highest BCUT2D eigenvalue weighted by Gasteiger charge is 2.15. The average Bonchev–Trinajstić information content (AvgIpc) is 2.78. The Hall–Kier alpha value is -3.85. The van der Waals surface area contributed by atoms with Crippen molar-refractivity contribution in [3.8, 4) is 5.75 Å². The van der Waals surface area contributed by atoms with Gasteiger partial charge in [0.05, 0.1) is 11.5 Å². The summed E-state index contributed by atoms with van der Waals surface area (Å²) < 4.78 is 32.9. The molecule has 0 spiro atoms. The van der Waals surface area contributed by atoms with Crippen LogP contribution < -0.4 is 20.3 Å². The molecule has 3 N–H and O–H groups in total. The van der Waals surface area contributed by atoms with E-state index in [-0.39, 0.29) is 10.5 Å². The van der Waals surface area contributed by atoms with E-state index in [9.17, 15) is 18.0 Å². The van der Waals surface area contributed by atoms with Crippen molar-refractivity contribution in [1.29, 1.82) is 0 Å². The maximum absolute atomic E-state index is 12.5. The summed E-state index contributed by atoms with van der Waals surface area (Å²) in [6.07, 6.45) is 0. The molecule has 3 aromatic rings. The highest BCUT2D eigenvalue weighted by Crippen LogP contribution is 2.19. The van der Waals surface area contributed by atoms with E-state index in [4.69, 9.17) is 4.74 Å². The number of nitrogens with one attached hydrogen (secondary N) is 3. The van der Waals surface area contributed by atoms with Gasteiger partial charge in [-0.15, -0.1) is 0 Å². The van der Waals surface area contributed by atoms with Crippen LogP contribution in [0.25, 0.3) is 0 Å². The Morgan fingerprint density at radius 1 is 0.781 bits per heavy atom. The van der Waals surface area contributed by atoms with Crippen molar-refractivity contribution >= 4 is 27.5 Å². The van der Waals surface area contributed by atoms with Crippen LogP contribution in [0.15, 0.2) is 77.7 Å². The lowest BCUT2D eigenvalue weighted by molar-refractivity contribution is 0.0846. The number of carbonyl (C=O) groups excluding carboxylic acids is 2. The molecule has 0 saturated carbocycles. The van der Waals surface area contributed by atoms with Crippen molar-refractivity contribution in [3.63, 3.8) is 0 Å². The molecule has 0 unspecified atom stereocenters. The molecule has 0 bridgehead atoms. The Kier molecular flexibility index (Phi) is 7.11. The fraction of sp³-hybridized carbons (Fsp3) is 0.130. The minimum Gasteiger partial charge on any atom is -0.494 e. The lowest BCUT2D eigenvalue weighted by Crippen LogP contribution is -2.41. The Balaban J connectivity index is 1.59. The van der Waals surface area contributed by atoms with Gasteiger partial charge in [0.2, 0.25) is 0 Å². The maximum atomic E-state index is 12.5. The Morgan fingerprint density at radius 2 is 1.28 bits per heavy atom. The van der Waals surface area contributed by atoms with E-state index < -0.39 is 21.8 Å². The van der Waals surface area contributed by atoms with Crippen molar-refractivity contribution in [3.05, 3.63) is 89.5 Å². The molecule has 3 aromatic carbocycles. The zero-order valence-electron chi connectivity index (χ0n) is 17.6. The third kappa shape index (κ3) is 5.86. The molecule has 0 fully saturated rings. The number of anilines is 1. The SMILES string of the molecule is CCOc1ccc(S(=O)(=O)Nc2ccc(C(=O)NNC(=O)c3ccc(C)cc3)cc2)cc1. The summed E-state index contributed by atoms with van der Waals surface area (Å²) in [7, 11) is -3.80. The van der Waals surface area contributed by atoms with E-state index in [1.807, 2.05) is 13.8 Å². The predicted octanol–water partition coefficient (Wildman–Crippen LogP) is 3.27. The lowest BCUT2D eigenvalue weighted by Gasteiger charge is -2.10. The van der Waals surface area contributed by atoms with Gasteiger partial charge in [0, 0.05) is 16.8 Å². The second-order valence-corrected chi connectivity index (χ2v) is 8.54. The van der Waals surface area contributed by atoms with Crippen LogP contribution in [0.2, 0.25) is 0 Å². The number of aryl methyl sites for hydroxylation is 1. The number of sulfonamides is 1. The fourth-order valence-electron chi connectivity index (χ4n) is 2.75. The van der Waals surface area contributed by atoms with Gasteiger partial charge in [-0.05, 0) is 74.5 Å². The molecule has 3 rings (SSSR count). The van der Waals surface area contributed by atoms with Crippen LogP contribution in [0.5, 0.6) is 5.75 Å². The van der Waals surface area contributed by atoms with Crippen molar-refractivity contribution < 1.29 is 22.7 Å². The van der Waals surface area contributed by atoms with Crippen LogP contribution >= 0.6 is 0 Å². The van der Waals surface area contributed by atoms with Gasteiger partial charge < -0.3 is 4.74 Å². The van der Waals surface area contributed by atoms with Crippen LogP contribution in [0.1, 0.15) is 33.2 Å². The van der Waals surface area contributed by atoms with Gasteiger partial charge >= 0.3 is 0 Å². The molecule has 0 saturated heterocycles. The third-order valence-corrected chi connectivity index (χ3v) is 5.84. The number of rotatable bonds is 7. The lowest BCUT2D eigenvalue weighted by atomic mass is 10.1. The van der Waals surface area contributed by atoms with E-state index in [2.05, 4.69) is 15.6 Å². The van der Waals surface area contributed by atoms with E-state index in [1.165, 1.54) is 36.4 Å². The summed E-state index contributed by atoms with van der Waals surface area (Å²) in [6, 6.07) is 18.8. The summed E-state index contributed by atoms with van der Waals surface area (Å²) in [4.78, 5) is 24.4. The summed E-state index contributed by atoms with van der Waals surface area (Å²) in [5, 5.41) is 0. The van der Waals surface area contributed by atoms with Crippen molar-refractivity contribution in [2.75, 3.05) is 11.3 Å². The van der Waals surface area contributed by atoms with Crippen molar-refractivity contribution in [2.45, 2.75) is 18.7 Å². The molecule has 0 atom stereocenters. The second kappa shape index (κ2) is 9.97. The summed E-state index contributed by atoms with van der Waals surface area (Å²) in [5.41, 5.74) is 6.64. The van der Waals surface area contributed by atoms with Crippen LogP contribution in [0, 0.1) is 6.92 Å². The number of amides is 2. The maximum Gasteiger partial charge on any atom is 0.269 e. The molecule has 8 nitrogen and oxygen atoms in total. The van der Waals surface area contributed by atoms with Gasteiger partial charge in [-0.3, -0.25) is 25.2 Å². The second-order valence-electron chi connectivity index (χ2n) is 6.86. The normalized spacial score (nSPS) is 10.8. The van der Waals surface area contributed by atoms with Gasteiger partial charge in [0.25, 0.3) is 21.8 Å². The molecule has 0 aromatic heterocycles. The summed E-state index contributed by atoms with van der Waals surface area (Å²) in [6.45, 7) is 4.24. The predicted molar refractivity (Wildman–Crippen MR) is 121 cm³/mol. The fourth-order valence-corrected chi connectivity index (χ4v) is 3.81. The summed E-state index contributed by atoms with van der Waals surface area (Å²) >= 11 is 0. The monoisotopic (exact) mass is 453 g/mol. The molecule has 166 valence electrons. The van der Waals surface area contributed by atoms with Gasteiger partial charge in [0.1, 0.15) is 5.75 Å². The molecule has 0 heterocycles. The van der Waals surface area contributed by atoms with Crippen LogP contribution in [-0.4, -0.2) is 26.8 Å². The quantitative estimate of drug-likeness (QED) is 0.475. The van der Waals surface area contributed by atoms with Gasteiger partial charge in [0.15, 0.2) is 0 Å². The molecule has 0 aliphatic rings. The van der Waals surface area contributed by atoms with E-state index >= 15 is 0 Å². The Morgan fingerprint density at radius 3 is 1.78 bits per heavy atom. The molecule has 9 heteroatoms. The van der Waals surface area contributed by atoms with Gasteiger partial charge in [-0.25, -0.2) is 8.42 Å². The number of hydrogen-bond donors (Lipinski definition) is 3. The zero-order valence-corrected chi connectivity index (χ0v) is 18.4. The largest absolute Gasteiger partial charge is 0.494 e. The van der Waals surface area contributed by atoms with Crippen molar-refractivity contribution in [1.82, 2.24) is 10.9 Å². The minimum absolute atomic E-state index is 0.0848. The van der Waals surface area contributed by atoms with Gasteiger partial charge in [-0.2, -0.15) is 0 Å². The topological polar surface area (TPSA) is 114 Å². The highest BCUT2D eigenvalue weighted by atomic mass is 32.2. The van der Waals surface area contributed by atoms with Crippen LogP contribution in [0.3, 0.4) is 0 Å². The standard InChI is InChI=1S/C23H23N3O5S/c1-3-31-20-12-14-21(15-13-20)32(29,30)26-19-10-8-18(9-11-19)23(28)25-24-22(27)17-6-4-16(2)5-7-17/h4-15,26H,3H2,1-2H3,(H,24,27)(H,25,28). The number of carbonyl (C=O) groups is 2. The van der Waals surface area contributed by atoms with E-state index in [0.717, 1.165) is 5.56 Å². The van der Waals surface area contributed by atoms with E-state index in [1.54, 1.807) is 36.4 Å². The third-order valence-electron chi connectivity index (χ3n) is 4.45. The molecule has 0 aliphatic carbocycles. The smallest absolute Gasteiger partial charge is 0.269 e. The molecule has 32 heavy (non-hydrogen) atoms. The van der Waals surface area contributed by atoms with Gasteiger partial charge in [-0.1, -0.05) is 17.7 Å². The molecular weight excluding hydrogens is 430 g/mol. The zero-order chi connectivity index (χ0) is 23.1. The first-order chi connectivity index (χ1) is 15.3. The number of ether oxygens (including phenoxy) is 1. The number of benzene rings is 3. The van der Waals surface area contributed by atoms with Crippen molar-refractivity contribution in [2.24, 2.45) is 0 Å². The van der Waals surface area contributed by atoms with Crippen LogP contribution in [0.4, 0.5) is 5.69 Å². The Labute approximate surface area is 186 Å². The Bertz CT molecular complexity index is 1190. The van der Waals surface area contributed by atoms with E-state index in [0.29, 0.717) is 23.6 Å². The first-order valence-corrected chi connectivity index (χ1v) is 11.3. The molecule has 0 aliphatic heterocycles. The molecular formula is C23H23N3O5S. The average molecular weight is 454 g/mol. The molecule has 0 radical (unpaired) electrons. The van der Waals surface area contributed by atoms with Crippen LogP contribution in [-0.2, 0) is 10.0 Å². The summed E-state index contributed by atoms with van der Waals surface area (Å²) in [5.74, 6) is -0.402. The first kappa shape index (κ1) is 22.8. The highest BCUT2D eigenvalue weighted by molar-refractivity contribution is 7.92. The minimum atomic E-state index is -3.80. The number of hydrazine groups is 1. The first-order valence-electron chi connectivity index (χ1n) is 9.81. The molecule has 2 amide bonds.